The van der Waals surface area contributed by atoms with Gasteiger partial charge in [0.1, 0.15) is 5.69 Å². The molecule has 3 heterocycles. The van der Waals surface area contributed by atoms with Crippen molar-refractivity contribution in [2.24, 2.45) is 13.0 Å². The van der Waals surface area contributed by atoms with E-state index in [9.17, 15) is 14.4 Å². The third-order valence-electron chi connectivity index (χ3n) is 4.73. The topological polar surface area (TPSA) is 95.7 Å². The Morgan fingerprint density at radius 3 is 2.63 bits per heavy atom. The van der Waals surface area contributed by atoms with Crippen LogP contribution in [0.4, 0.5) is 0 Å². The minimum Gasteiger partial charge on any atom is -0.481 e. The summed E-state index contributed by atoms with van der Waals surface area (Å²) in [5.74, 6) is -1.64. The molecule has 8 nitrogen and oxygen atoms in total. The molecule has 0 radical (unpaired) electrons. The Morgan fingerprint density at radius 1 is 1.33 bits per heavy atom. The molecule has 2 aromatic rings. The minimum atomic E-state index is -0.813. The number of aliphatic carboxylic acids is 1. The minimum absolute atomic E-state index is 0.0463. The summed E-state index contributed by atoms with van der Waals surface area (Å²) in [5.41, 5.74) is 1.07. The van der Waals surface area contributed by atoms with Crippen molar-refractivity contribution in [3.8, 4) is 10.6 Å². The normalized spacial score (nSPS) is 15.0. The molecular formula is C18H22N4O4S. The maximum Gasteiger partial charge on any atom is 0.306 e. The number of hydrogen-bond acceptors (Lipinski definition) is 5. The highest BCUT2D eigenvalue weighted by Crippen LogP contribution is 2.27. The lowest BCUT2D eigenvalue weighted by Gasteiger charge is -2.31. The third kappa shape index (κ3) is 4.19. The highest BCUT2D eigenvalue weighted by atomic mass is 32.1. The molecule has 0 unspecified atom stereocenters. The van der Waals surface area contributed by atoms with E-state index in [1.54, 1.807) is 29.9 Å². The molecule has 27 heavy (non-hydrogen) atoms. The van der Waals surface area contributed by atoms with Gasteiger partial charge in [-0.25, -0.2) is 0 Å². The van der Waals surface area contributed by atoms with Crippen molar-refractivity contribution in [2.45, 2.75) is 12.8 Å². The third-order valence-corrected chi connectivity index (χ3v) is 5.61. The van der Waals surface area contributed by atoms with E-state index >= 15 is 0 Å². The molecule has 1 fully saturated rings. The van der Waals surface area contributed by atoms with E-state index < -0.39 is 11.9 Å². The second-order valence-electron chi connectivity index (χ2n) is 6.70. The Labute approximate surface area is 161 Å². The SMILES string of the molecule is CN(CC(=O)N1CCC(C(=O)O)CC1)C(=O)c1cn(C)nc1-c1cccs1. The molecule has 0 bridgehead atoms. The van der Waals surface area contributed by atoms with Crippen LogP contribution < -0.4 is 0 Å². The Kier molecular flexibility index (Phi) is 5.59. The molecule has 1 saturated heterocycles. The van der Waals surface area contributed by atoms with Gasteiger partial charge in [0.05, 0.1) is 22.9 Å². The van der Waals surface area contributed by atoms with Gasteiger partial charge in [0.25, 0.3) is 5.91 Å². The van der Waals surface area contributed by atoms with E-state index in [-0.39, 0.29) is 18.4 Å². The van der Waals surface area contributed by atoms with Crippen molar-refractivity contribution < 1.29 is 19.5 Å². The van der Waals surface area contributed by atoms with Crippen LogP contribution >= 0.6 is 11.3 Å². The molecule has 3 rings (SSSR count). The number of likely N-dealkylation sites (tertiary alicyclic amines) is 1. The summed E-state index contributed by atoms with van der Waals surface area (Å²) in [6.07, 6.45) is 2.56. The van der Waals surface area contributed by atoms with Crippen molar-refractivity contribution in [3.05, 3.63) is 29.3 Å². The fourth-order valence-electron chi connectivity index (χ4n) is 3.20. The summed E-state index contributed by atoms with van der Waals surface area (Å²) in [7, 11) is 3.35. The molecule has 0 spiro atoms. The number of thiophene rings is 1. The molecule has 0 aliphatic carbocycles. The molecule has 1 aliphatic heterocycles. The highest BCUT2D eigenvalue weighted by molar-refractivity contribution is 7.13. The number of carboxylic acid groups (broad SMARTS) is 1. The van der Waals surface area contributed by atoms with Gasteiger partial charge in [-0.15, -0.1) is 11.3 Å². The van der Waals surface area contributed by atoms with Gasteiger partial charge in [0.15, 0.2) is 0 Å². The van der Waals surface area contributed by atoms with E-state index in [0.717, 1.165) is 4.88 Å². The summed E-state index contributed by atoms with van der Waals surface area (Å²) >= 11 is 1.50. The first-order chi connectivity index (χ1) is 12.9. The van der Waals surface area contributed by atoms with Gasteiger partial charge in [-0.2, -0.15) is 5.10 Å². The number of amides is 2. The van der Waals surface area contributed by atoms with Gasteiger partial charge in [-0.1, -0.05) is 6.07 Å². The van der Waals surface area contributed by atoms with E-state index in [4.69, 9.17) is 5.11 Å². The average Bonchev–Trinajstić information content (AvgIpc) is 3.30. The number of likely N-dealkylation sites (N-methyl/N-ethyl adjacent to an activating group) is 1. The van der Waals surface area contributed by atoms with Crippen LogP contribution in [0.3, 0.4) is 0 Å². The number of nitrogens with zero attached hydrogens (tertiary/aromatic N) is 4. The van der Waals surface area contributed by atoms with Crippen LogP contribution in [0.1, 0.15) is 23.2 Å². The first kappa shape index (κ1) is 19.1. The maximum absolute atomic E-state index is 12.9. The molecule has 144 valence electrons. The number of rotatable bonds is 5. The summed E-state index contributed by atoms with van der Waals surface area (Å²) < 4.78 is 1.59. The van der Waals surface area contributed by atoms with E-state index in [0.29, 0.717) is 37.2 Å². The zero-order valence-corrected chi connectivity index (χ0v) is 16.1. The van der Waals surface area contributed by atoms with Crippen LogP contribution in [-0.2, 0) is 16.6 Å². The number of carboxylic acids is 1. The summed E-state index contributed by atoms with van der Waals surface area (Å²) in [6.45, 7) is 0.770. The van der Waals surface area contributed by atoms with Gasteiger partial charge in [-0.3, -0.25) is 19.1 Å². The van der Waals surface area contributed by atoms with Gasteiger partial charge < -0.3 is 14.9 Å². The van der Waals surface area contributed by atoms with Crippen LogP contribution in [0.5, 0.6) is 0 Å². The molecule has 0 atom stereocenters. The van der Waals surface area contributed by atoms with Crippen LogP contribution in [0, 0.1) is 5.92 Å². The highest BCUT2D eigenvalue weighted by Gasteiger charge is 2.29. The predicted molar refractivity (Wildman–Crippen MR) is 100 cm³/mol. The standard InChI is InChI=1S/C18H22N4O4S/c1-20(11-15(23)22-7-5-12(6-8-22)18(25)26)17(24)13-10-21(2)19-16(13)14-4-3-9-27-14/h3-4,9-10,12H,5-8,11H2,1-2H3,(H,25,26). The van der Waals surface area contributed by atoms with Crippen LogP contribution in [-0.4, -0.2) is 69.2 Å². The zero-order chi connectivity index (χ0) is 19.6. The van der Waals surface area contributed by atoms with Crippen molar-refractivity contribution >= 4 is 29.1 Å². The second kappa shape index (κ2) is 7.91. The van der Waals surface area contributed by atoms with Gasteiger partial charge >= 0.3 is 5.97 Å². The molecule has 0 aromatic carbocycles. The summed E-state index contributed by atoms with van der Waals surface area (Å²) in [5, 5.41) is 15.4. The number of piperidine rings is 1. The zero-order valence-electron chi connectivity index (χ0n) is 15.3. The molecular weight excluding hydrogens is 368 g/mol. The Hall–Kier alpha value is -2.68. The first-order valence-electron chi connectivity index (χ1n) is 8.70. The van der Waals surface area contributed by atoms with E-state index in [1.165, 1.54) is 16.2 Å². The molecule has 2 amide bonds. The fourth-order valence-corrected chi connectivity index (χ4v) is 3.92. The summed E-state index contributed by atoms with van der Waals surface area (Å²) in [6, 6.07) is 3.80. The quantitative estimate of drug-likeness (QED) is 0.836. The number of aryl methyl sites for hydroxylation is 1. The second-order valence-corrected chi connectivity index (χ2v) is 7.64. The van der Waals surface area contributed by atoms with Crippen LogP contribution in [0.15, 0.2) is 23.7 Å². The Bertz CT molecular complexity index is 838. The van der Waals surface area contributed by atoms with Crippen molar-refractivity contribution in [1.29, 1.82) is 0 Å². The largest absolute Gasteiger partial charge is 0.481 e. The van der Waals surface area contributed by atoms with Crippen LogP contribution in [0.25, 0.3) is 10.6 Å². The average molecular weight is 390 g/mol. The number of aromatic nitrogens is 2. The first-order valence-corrected chi connectivity index (χ1v) is 9.58. The maximum atomic E-state index is 12.9. The lowest BCUT2D eigenvalue weighted by molar-refractivity contribution is -0.145. The van der Waals surface area contributed by atoms with Crippen molar-refractivity contribution in [3.63, 3.8) is 0 Å². The van der Waals surface area contributed by atoms with E-state index in [1.807, 2.05) is 17.5 Å². The van der Waals surface area contributed by atoms with Crippen molar-refractivity contribution in [2.75, 3.05) is 26.7 Å². The van der Waals surface area contributed by atoms with Gasteiger partial charge in [-0.05, 0) is 24.3 Å². The number of carbonyl (C=O) groups excluding carboxylic acids is 2. The van der Waals surface area contributed by atoms with E-state index in [2.05, 4.69) is 5.10 Å². The smallest absolute Gasteiger partial charge is 0.306 e. The Morgan fingerprint density at radius 2 is 2.04 bits per heavy atom. The lowest BCUT2D eigenvalue weighted by atomic mass is 9.97. The molecule has 9 heteroatoms. The van der Waals surface area contributed by atoms with Gasteiger partial charge in [0, 0.05) is 33.4 Å². The monoisotopic (exact) mass is 390 g/mol. The summed E-state index contributed by atoms with van der Waals surface area (Å²) in [4.78, 5) is 40.3. The Balaban J connectivity index is 1.65. The predicted octanol–water partition coefficient (Wildman–Crippen LogP) is 1.54. The number of hydrogen-bond donors (Lipinski definition) is 1. The fraction of sp³-hybridized carbons (Fsp3) is 0.444. The van der Waals surface area contributed by atoms with Gasteiger partial charge in [0.2, 0.25) is 5.91 Å². The number of carbonyl (C=O) groups is 3. The molecule has 1 aliphatic rings. The molecule has 0 saturated carbocycles. The van der Waals surface area contributed by atoms with Crippen LogP contribution in [0.2, 0.25) is 0 Å². The molecule has 2 aromatic heterocycles. The molecule has 1 N–H and O–H groups in total. The van der Waals surface area contributed by atoms with Crippen molar-refractivity contribution in [1.82, 2.24) is 19.6 Å². The lowest BCUT2D eigenvalue weighted by Crippen LogP contribution is -2.45.